The van der Waals surface area contributed by atoms with E-state index in [4.69, 9.17) is 5.73 Å². The van der Waals surface area contributed by atoms with Crippen molar-refractivity contribution in [3.05, 3.63) is 52.3 Å². The third-order valence-electron chi connectivity index (χ3n) is 3.67. The van der Waals surface area contributed by atoms with Crippen molar-refractivity contribution >= 4 is 0 Å². The van der Waals surface area contributed by atoms with Crippen LogP contribution in [0.15, 0.2) is 41.2 Å². The van der Waals surface area contributed by atoms with E-state index in [-0.39, 0.29) is 11.6 Å². The van der Waals surface area contributed by atoms with Crippen LogP contribution in [-0.2, 0) is 6.54 Å². The number of hydrogen-bond donors (Lipinski definition) is 1. The number of nitrogens with zero attached hydrogens (tertiary/aromatic N) is 2. The number of hydrogen-bond acceptors (Lipinski definition) is 3. The number of rotatable bonds is 5. The second kappa shape index (κ2) is 6.68. The molecule has 0 saturated carbocycles. The highest BCUT2D eigenvalue weighted by Crippen LogP contribution is 2.20. The molecule has 0 saturated heterocycles. The van der Waals surface area contributed by atoms with Crippen molar-refractivity contribution in [1.29, 1.82) is 0 Å². The minimum atomic E-state index is -0.110. The lowest BCUT2D eigenvalue weighted by Crippen LogP contribution is -2.32. The topological polar surface area (TPSA) is 60.9 Å². The third-order valence-corrected chi connectivity index (χ3v) is 3.67. The summed E-state index contributed by atoms with van der Waals surface area (Å²) < 4.78 is 1.46. The average Bonchev–Trinajstić information content (AvgIpc) is 2.49. The molecule has 0 radical (unpaired) electrons. The Morgan fingerprint density at radius 2 is 1.81 bits per heavy atom. The molecule has 2 aromatic rings. The fourth-order valence-corrected chi connectivity index (χ4v) is 2.12. The average molecular weight is 285 g/mol. The van der Waals surface area contributed by atoms with Gasteiger partial charge in [-0.15, -0.1) is 0 Å². The Labute approximate surface area is 125 Å². The maximum absolute atomic E-state index is 11.8. The van der Waals surface area contributed by atoms with E-state index in [2.05, 4.69) is 31.1 Å². The molecule has 0 fully saturated rings. The molecule has 112 valence electrons. The second-order valence-corrected chi connectivity index (χ2v) is 5.68. The normalized spacial score (nSPS) is 12.6. The fourth-order valence-electron chi connectivity index (χ4n) is 2.12. The zero-order valence-corrected chi connectivity index (χ0v) is 12.9. The molecule has 2 rings (SSSR count). The summed E-state index contributed by atoms with van der Waals surface area (Å²) in [6, 6.07) is 11.6. The van der Waals surface area contributed by atoms with Gasteiger partial charge in [0, 0.05) is 17.7 Å². The zero-order chi connectivity index (χ0) is 15.4. The number of aromatic nitrogens is 2. The first kappa shape index (κ1) is 15.4. The van der Waals surface area contributed by atoms with Crippen molar-refractivity contribution in [3.8, 4) is 11.3 Å². The fraction of sp³-hybridized carbons (Fsp3) is 0.412. The van der Waals surface area contributed by atoms with Crippen LogP contribution in [0.1, 0.15) is 38.7 Å². The molecule has 1 heterocycles. The predicted molar refractivity (Wildman–Crippen MR) is 86.3 cm³/mol. The van der Waals surface area contributed by atoms with E-state index in [1.54, 1.807) is 12.1 Å². The SMILES string of the molecule is CCC(N)Cn1nc(-c2ccc(C(C)C)cc2)ccc1=O. The summed E-state index contributed by atoms with van der Waals surface area (Å²) in [7, 11) is 0. The molecule has 0 spiro atoms. The van der Waals surface area contributed by atoms with Gasteiger partial charge in [0.1, 0.15) is 0 Å². The summed E-state index contributed by atoms with van der Waals surface area (Å²) in [5, 5.41) is 4.43. The molecule has 4 heteroatoms. The smallest absolute Gasteiger partial charge is 0.266 e. The Kier molecular flexibility index (Phi) is 4.91. The summed E-state index contributed by atoms with van der Waals surface area (Å²) in [4.78, 5) is 11.8. The van der Waals surface area contributed by atoms with Crippen LogP contribution in [0.4, 0.5) is 0 Å². The van der Waals surface area contributed by atoms with Crippen molar-refractivity contribution in [2.24, 2.45) is 5.73 Å². The van der Waals surface area contributed by atoms with E-state index in [0.717, 1.165) is 17.7 Å². The molecule has 0 aliphatic rings. The van der Waals surface area contributed by atoms with Crippen LogP contribution >= 0.6 is 0 Å². The second-order valence-electron chi connectivity index (χ2n) is 5.68. The van der Waals surface area contributed by atoms with E-state index in [1.165, 1.54) is 10.2 Å². The number of nitrogens with two attached hydrogens (primary N) is 1. The van der Waals surface area contributed by atoms with Crippen LogP contribution in [0.3, 0.4) is 0 Å². The molecule has 1 aromatic heterocycles. The molecule has 0 aliphatic heterocycles. The first-order valence-electron chi connectivity index (χ1n) is 7.45. The Morgan fingerprint density at radius 3 is 2.38 bits per heavy atom. The summed E-state index contributed by atoms with van der Waals surface area (Å²) in [5.74, 6) is 0.503. The Morgan fingerprint density at radius 1 is 1.14 bits per heavy atom. The van der Waals surface area contributed by atoms with Crippen molar-refractivity contribution in [2.45, 2.75) is 45.7 Å². The van der Waals surface area contributed by atoms with E-state index in [0.29, 0.717) is 12.5 Å². The highest BCUT2D eigenvalue weighted by Gasteiger charge is 2.07. The molecule has 21 heavy (non-hydrogen) atoms. The molecule has 0 amide bonds. The molecule has 1 aromatic carbocycles. The molecule has 2 N–H and O–H groups in total. The van der Waals surface area contributed by atoms with Crippen molar-refractivity contribution < 1.29 is 0 Å². The van der Waals surface area contributed by atoms with Gasteiger partial charge in [0.05, 0.1) is 12.2 Å². The van der Waals surface area contributed by atoms with Gasteiger partial charge in [-0.1, -0.05) is 45.0 Å². The molecule has 0 bridgehead atoms. The molecule has 0 aliphatic carbocycles. The first-order chi connectivity index (χ1) is 10.0. The van der Waals surface area contributed by atoms with Crippen molar-refractivity contribution in [2.75, 3.05) is 0 Å². The van der Waals surface area contributed by atoms with Crippen LogP contribution in [-0.4, -0.2) is 15.8 Å². The summed E-state index contributed by atoms with van der Waals surface area (Å²) in [6.45, 7) is 6.79. The minimum Gasteiger partial charge on any atom is -0.326 e. The molecule has 1 unspecified atom stereocenters. The summed E-state index contributed by atoms with van der Waals surface area (Å²) in [6.07, 6.45) is 0.821. The van der Waals surface area contributed by atoms with Crippen LogP contribution in [0, 0.1) is 0 Å². The lowest BCUT2D eigenvalue weighted by molar-refractivity contribution is 0.482. The van der Waals surface area contributed by atoms with Crippen molar-refractivity contribution in [1.82, 2.24) is 9.78 Å². The molecular weight excluding hydrogens is 262 g/mol. The van der Waals surface area contributed by atoms with E-state index in [1.807, 2.05) is 19.1 Å². The van der Waals surface area contributed by atoms with Gasteiger partial charge in [-0.2, -0.15) is 5.10 Å². The van der Waals surface area contributed by atoms with Gasteiger partial charge < -0.3 is 5.73 Å². The minimum absolute atomic E-state index is 0.0474. The Hall–Kier alpha value is -1.94. The Balaban J connectivity index is 2.31. The van der Waals surface area contributed by atoms with Gasteiger partial charge in [0.2, 0.25) is 0 Å². The van der Waals surface area contributed by atoms with Gasteiger partial charge >= 0.3 is 0 Å². The van der Waals surface area contributed by atoms with E-state index >= 15 is 0 Å². The van der Waals surface area contributed by atoms with Crippen molar-refractivity contribution in [3.63, 3.8) is 0 Å². The third kappa shape index (κ3) is 3.79. The van der Waals surface area contributed by atoms with Crippen LogP contribution in [0.5, 0.6) is 0 Å². The molecule has 4 nitrogen and oxygen atoms in total. The Bertz CT molecular complexity index is 644. The molecular formula is C17H23N3O. The summed E-state index contributed by atoms with van der Waals surface area (Å²) in [5.41, 5.74) is 8.91. The van der Waals surface area contributed by atoms with Crippen LogP contribution in [0.25, 0.3) is 11.3 Å². The lowest BCUT2D eigenvalue weighted by atomic mass is 10.0. The zero-order valence-electron chi connectivity index (χ0n) is 12.9. The van der Waals surface area contributed by atoms with Gasteiger partial charge in [0.15, 0.2) is 0 Å². The van der Waals surface area contributed by atoms with E-state index < -0.39 is 0 Å². The standard InChI is InChI=1S/C17H23N3O/c1-4-15(18)11-20-17(21)10-9-16(19-20)14-7-5-13(6-8-14)12(2)3/h5-10,12,15H,4,11,18H2,1-3H3. The quantitative estimate of drug-likeness (QED) is 0.919. The van der Waals surface area contributed by atoms with Gasteiger partial charge in [-0.25, -0.2) is 4.68 Å². The van der Waals surface area contributed by atoms with Crippen LogP contribution < -0.4 is 11.3 Å². The largest absolute Gasteiger partial charge is 0.326 e. The number of benzene rings is 1. The van der Waals surface area contributed by atoms with Gasteiger partial charge in [-0.05, 0) is 24.0 Å². The first-order valence-corrected chi connectivity index (χ1v) is 7.45. The maximum atomic E-state index is 11.8. The monoisotopic (exact) mass is 285 g/mol. The maximum Gasteiger partial charge on any atom is 0.266 e. The van der Waals surface area contributed by atoms with Gasteiger partial charge in [0.25, 0.3) is 5.56 Å². The molecule has 1 atom stereocenters. The van der Waals surface area contributed by atoms with Gasteiger partial charge in [-0.3, -0.25) is 4.79 Å². The summed E-state index contributed by atoms with van der Waals surface area (Å²) >= 11 is 0. The predicted octanol–water partition coefficient (Wildman–Crippen LogP) is 2.77. The lowest BCUT2D eigenvalue weighted by Gasteiger charge is -2.12. The highest BCUT2D eigenvalue weighted by atomic mass is 16.1. The highest BCUT2D eigenvalue weighted by molar-refractivity contribution is 5.58. The van der Waals surface area contributed by atoms with Crippen LogP contribution in [0.2, 0.25) is 0 Å². The van der Waals surface area contributed by atoms with E-state index in [9.17, 15) is 4.79 Å².